The molecule has 1 aliphatic heterocycles. The third kappa shape index (κ3) is 5.11. The zero-order valence-electron chi connectivity index (χ0n) is 22.6. The average Bonchev–Trinajstić information content (AvgIpc) is 2.98. The van der Waals surface area contributed by atoms with Crippen LogP contribution in [0.4, 0.5) is 0 Å². The Bertz CT molecular complexity index is 1430. The van der Waals surface area contributed by atoms with E-state index in [2.05, 4.69) is 0 Å². The predicted molar refractivity (Wildman–Crippen MR) is 157 cm³/mol. The molecule has 0 unspecified atom stereocenters. The second-order valence-electron chi connectivity index (χ2n) is 11.0. The summed E-state index contributed by atoms with van der Waals surface area (Å²) in [4.78, 5) is 0. The quantitative estimate of drug-likeness (QED) is 0.195. The van der Waals surface area contributed by atoms with Gasteiger partial charge in [0, 0.05) is 25.7 Å². The summed E-state index contributed by atoms with van der Waals surface area (Å²) in [5.74, 6) is -2.55. The number of rotatable bonds is 9. The molecular weight excluding hydrogens is 540 g/mol. The number of hydrogen-bond donors (Lipinski definition) is 5. The van der Waals surface area contributed by atoms with Gasteiger partial charge in [0.25, 0.3) is 0 Å². The van der Waals surface area contributed by atoms with Crippen molar-refractivity contribution in [3.63, 3.8) is 0 Å². The molecule has 7 heteroatoms. The Hall–Kier alpha value is -3.07. The molecule has 5 atom stereocenters. The molecule has 1 fully saturated rings. The molecule has 6 nitrogen and oxygen atoms in total. The first kappa shape index (κ1) is 29.4. The molecule has 5 rings (SSSR count). The van der Waals surface area contributed by atoms with E-state index in [1.807, 2.05) is 24.3 Å². The fraction of sp³-hybridized carbons (Fsp3) is 0.294. The van der Waals surface area contributed by atoms with Gasteiger partial charge in [-0.1, -0.05) is 133 Å². The van der Waals surface area contributed by atoms with Crippen molar-refractivity contribution in [1.29, 1.82) is 0 Å². The topological polar surface area (TPSA) is 110 Å². The molecule has 0 aliphatic carbocycles. The fourth-order valence-electron chi connectivity index (χ4n) is 6.16. The zero-order chi connectivity index (χ0) is 29.2. The normalized spacial score (nSPS) is 31.6. The van der Waals surface area contributed by atoms with Crippen LogP contribution in [-0.2, 0) is 30.4 Å². The first-order valence-corrected chi connectivity index (χ1v) is 14.0. The van der Waals surface area contributed by atoms with E-state index in [1.54, 1.807) is 97.1 Å². The lowest BCUT2D eigenvalue weighted by molar-refractivity contribution is -0.450. The molecule has 4 aromatic rings. The summed E-state index contributed by atoms with van der Waals surface area (Å²) < 4.78 is 6.13. The maximum atomic E-state index is 13.0. The van der Waals surface area contributed by atoms with Crippen LogP contribution in [-0.4, -0.2) is 59.8 Å². The van der Waals surface area contributed by atoms with E-state index in [1.165, 1.54) is 0 Å². The van der Waals surface area contributed by atoms with E-state index in [4.69, 9.17) is 16.3 Å². The van der Waals surface area contributed by atoms with Gasteiger partial charge in [-0.2, -0.15) is 0 Å². The first-order valence-electron chi connectivity index (χ1n) is 13.6. The highest BCUT2D eigenvalue weighted by Crippen LogP contribution is 2.58. The van der Waals surface area contributed by atoms with E-state index >= 15 is 0 Å². The summed E-state index contributed by atoms with van der Waals surface area (Å²) in [5.41, 5.74) is -5.25. The van der Waals surface area contributed by atoms with Gasteiger partial charge < -0.3 is 30.3 Å². The second kappa shape index (κ2) is 11.3. The van der Waals surface area contributed by atoms with Crippen molar-refractivity contribution >= 4 is 11.6 Å². The number of aliphatic hydroxyl groups excluding tert-OH is 1. The Kier molecular flexibility index (Phi) is 8.12. The summed E-state index contributed by atoms with van der Waals surface area (Å²) in [6.45, 7) is -0.965. The highest BCUT2D eigenvalue weighted by atomic mass is 35.5. The lowest BCUT2D eigenvalue weighted by atomic mass is 9.56. The summed E-state index contributed by atoms with van der Waals surface area (Å²) in [7, 11) is 0. The van der Waals surface area contributed by atoms with E-state index in [0.717, 1.165) is 0 Å². The molecular formula is C34H35ClO6. The van der Waals surface area contributed by atoms with Gasteiger partial charge in [-0.3, -0.25) is 0 Å². The molecule has 0 radical (unpaired) electrons. The van der Waals surface area contributed by atoms with Crippen LogP contribution in [0, 0.1) is 0 Å². The Morgan fingerprint density at radius 3 is 1.15 bits per heavy atom. The average molecular weight is 575 g/mol. The monoisotopic (exact) mass is 574 g/mol. The van der Waals surface area contributed by atoms with Crippen molar-refractivity contribution in [1.82, 2.24) is 0 Å². The standard InChI is InChI=1S/C34H35ClO6/c35-33(25-36)31(38,22-27-15-7-2-8-16-27)30(37,21-26-13-5-1-6-14-26)32(39,23-28-17-9-3-10-18-28)34(40,41-33)24-29-19-11-4-12-20-29/h1-20,36-40H,21-25H2/t30-,31+,32-,33+,34+/m0/s1. The Labute approximate surface area is 245 Å². The third-order valence-electron chi connectivity index (χ3n) is 8.36. The van der Waals surface area contributed by atoms with Gasteiger partial charge in [0.1, 0.15) is 11.2 Å². The fourth-order valence-corrected chi connectivity index (χ4v) is 6.51. The second-order valence-corrected chi connectivity index (χ2v) is 11.6. The van der Waals surface area contributed by atoms with Crippen LogP contribution < -0.4 is 0 Å². The maximum absolute atomic E-state index is 13.0. The molecule has 214 valence electrons. The van der Waals surface area contributed by atoms with Crippen molar-refractivity contribution < 1.29 is 30.3 Å². The maximum Gasteiger partial charge on any atom is 0.204 e. The minimum absolute atomic E-state index is 0.288. The molecule has 1 saturated heterocycles. The Morgan fingerprint density at radius 2 is 0.780 bits per heavy atom. The molecule has 0 aromatic heterocycles. The number of hydrogen-bond acceptors (Lipinski definition) is 6. The summed E-state index contributed by atoms with van der Waals surface area (Å²) >= 11 is 6.99. The summed E-state index contributed by atoms with van der Waals surface area (Å²) in [6.07, 6.45) is -1.19. The molecule has 5 N–H and O–H groups in total. The van der Waals surface area contributed by atoms with Crippen LogP contribution in [0.1, 0.15) is 22.3 Å². The summed E-state index contributed by atoms with van der Waals surface area (Å²) in [5, 5.41) is 59.4. The lowest BCUT2D eigenvalue weighted by Crippen LogP contribution is -2.88. The molecule has 0 saturated carbocycles. The van der Waals surface area contributed by atoms with E-state index in [0.29, 0.717) is 22.3 Å². The number of halogens is 1. The third-order valence-corrected chi connectivity index (χ3v) is 8.87. The van der Waals surface area contributed by atoms with Gasteiger partial charge in [-0.25, -0.2) is 0 Å². The Balaban J connectivity index is 1.78. The highest BCUT2D eigenvalue weighted by molar-refractivity contribution is 6.24. The smallest absolute Gasteiger partial charge is 0.204 e. The van der Waals surface area contributed by atoms with Gasteiger partial charge >= 0.3 is 0 Å². The molecule has 4 aromatic carbocycles. The van der Waals surface area contributed by atoms with E-state index in [-0.39, 0.29) is 25.7 Å². The van der Waals surface area contributed by atoms with Crippen LogP contribution in [0.2, 0.25) is 0 Å². The summed E-state index contributed by atoms with van der Waals surface area (Å²) in [6, 6.07) is 35.5. The van der Waals surface area contributed by atoms with Crippen molar-refractivity contribution in [2.24, 2.45) is 0 Å². The lowest BCUT2D eigenvalue weighted by Gasteiger charge is -2.66. The van der Waals surface area contributed by atoms with Crippen molar-refractivity contribution in [3.8, 4) is 0 Å². The largest absolute Gasteiger partial charge is 0.392 e. The number of ether oxygens (including phenoxy) is 1. The van der Waals surface area contributed by atoms with Crippen molar-refractivity contribution in [2.45, 2.75) is 53.3 Å². The van der Waals surface area contributed by atoms with Crippen LogP contribution in [0.3, 0.4) is 0 Å². The van der Waals surface area contributed by atoms with Crippen LogP contribution in [0.15, 0.2) is 121 Å². The number of alkyl halides is 1. The minimum atomic E-state index is -2.56. The molecule has 41 heavy (non-hydrogen) atoms. The van der Waals surface area contributed by atoms with E-state index < -0.39 is 34.3 Å². The SMILES string of the molecule is OC[C@@]1(Cl)O[C@](O)(Cc2ccccc2)[C@](O)(Cc2ccccc2)[C@](O)(Cc2ccccc2)[C@]1(O)Cc1ccccc1. The van der Waals surface area contributed by atoms with Crippen LogP contribution >= 0.6 is 11.6 Å². The highest BCUT2D eigenvalue weighted by Gasteiger charge is 2.80. The minimum Gasteiger partial charge on any atom is -0.392 e. The number of aliphatic hydroxyl groups is 5. The Morgan fingerprint density at radius 1 is 0.463 bits per heavy atom. The molecule has 0 bridgehead atoms. The van der Waals surface area contributed by atoms with Crippen LogP contribution in [0.5, 0.6) is 0 Å². The van der Waals surface area contributed by atoms with Crippen LogP contribution in [0.25, 0.3) is 0 Å². The van der Waals surface area contributed by atoms with Crippen molar-refractivity contribution in [3.05, 3.63) is 144 Å². The van der Waals surface area contributed by atoms with Gasteiger partial charge in [0.2, 0.25) is 5.79 Å². The molecule has 1 heterocycles. The molecule has 0 spiro atoms. The first-order chi connectivity index (χ1) is 19.6. The van der Waals surface area contributed by atoms with Gasteiger partial charge in [-0.05, 0) is 22.3 Å². The number of benzene rings is 4. The predicted octanol–water partition coefficient (Wildman–Crippen LogP) is 3.80. The van der Waals surface area contributed by atoms with Gasteiger partial charge in [0.05, 0.1) is 6.61 Å². The van der Waals surface area contributed by atoms with Gasteiger partial charge in [0.15, 0.2) is 10.7 Å². The molecule has 0 amide bonds. The van der Waals surface area contributed by atoms with E-state index in [9.17, 15) is 25.5 Å². The van der Waals surface area contributed by atoms with Gasteiger partial charge in [-0.15, -0.1) is 0 Å². The molecule has 1 aliphatic rings. The zero-order valence-corrected chi connectivity index (χ0v) is 23.4. The van der Waals surface area contributed by atoms with Crippen molar-refractivity contribution in [2.75, 3.05) is 6.61 Å².